The van der Waals surface area contributed by atoms with Crippen LogP contribution in [0.25, 0.3) is 0 Å². The number of hydrogen-bond acceptors (Lipinski definition) is 3. The van der Waals surface area contributed by atoms with E-state index in [1.807, 2.05) is 37.3 Å². The third-order valence-electron chi connectivity index (χ3n) is 3.74. The Hall–Kier alpha value is -2.87. The lowest BCUT2D eigenvalue weighted by atomic mass is 10.1. The van der Waals surface area contributed by atoms with Gasteiger partial charge >= 0.3 is 0 Å². The molecule has 2 rings (SSSR count). The number of anilines is 1. The smallest absolute Gasteiger partial charge is 0.269 e. The summed E-state index contributed by atoms with van der Waals surface area (Å²) in [5, 5.41) is 11.9. The number of pyridine rings is 1. The zero-order valence-corrected chi connectivity index (χ0v) is 13.5. The van der Waals surface area contributed by atoms with Crippen LogP contribution in [0.5, 0.6) is 0 Å². The zero-order chi connectivity index (χ0) is 17.0. The van der Waals surface area contributed by atoms with Crippen molar-refractivity contribution < 1.29 is 4.79 Å². The van der Waals surface area contributed by atoms with Gasteiger partial charge in [-0.25, -0.2) is 0 Å². The van der Waals surface area contributed by atoms with Gasteiger partial charge in [-0.1, -0.05) is 19.1 Å². The van der Waals surface area contributed by atoms with Crippen molar-refractivity contribution in [3.63, 3.8) is 0 Å². The molecule has 1 aromatic heterocycles. The van der Waals surface area contributed by atoms with E-state index in [-0.39, 0.29) is 18.0 Å². The summed E-state index contributed by atoms with van der Waals surface area (Å²) in [5.74, 6) is -0.295. The molecule has 0 saturated carbocycles. The fourth-order valence-electron chi connectivity index (χ4n) is 2.47. The molecule has 5 heteroatoms. The number of benzene rings is 1. The number of rotatable bonds is 4. The molecule has 23 heavy (non-hydrogen) atoms. The largest absolute Gasteiger partial charge is 0.325 e. The topological polar surface area (TPSA) is 74.9 Å². The van der Waals surface area contributed by atoms with E-state index >= 15 is 0 Å². The third-order valence-corrected chi connectivity index (χ3v) is 3.74. The van der Waals surface area contributed by atoms with Gasteiger partial charge in [-0.15, -0.1) is 0 Å². The van der Waals surface area contributed by atoms with Crippen molar-refractivity contribution >= 4 is 11.6 Å². The third kappa shape index (κ3) is 3.67. The highest BCUT2D eigenvalue weighted by Crippen LogP contribution is 2.11. The van der Waals surface area contributed by atoms with Gasteiger partial charge in [-0.3, -0.25) is 9.59 Å². The molecule has 1 N–H and O–H groups in total. The van der Waals surface area contributed by atoms with Gasteiger partial charge in [0.25, 0.3) is 5.56 Å². The molecule has 0 bridgehead atoms. The van der Waals surface area contributed by atoms with Crippen LogP contribution in [-0.4, -0.2) is 10.5 Å². The van der Waals surface area contributed by atoms with Crippen molar-refractivity contribution in [2.45, 2.75) is 33.7 Å². The maximum absolute atomic E-state index is 12.3. The molecule has 0 radical (unpaired) electrons. The van der Waals surface area contributed by atoms with Gasteiger partial charge < -0.3 is 9.88 Å². The Labute approximate surface area is 135 Å². The summed E-state index contributed by atoms with van der Waals surface area (Å²) in [4.78, 5) is 24.5. The van der Waals surface area contributed by atoms with Crippen molar-refractivity contribution in [2.75, 3.05) is 5.32 Å². The van der Waals surface area contributed by atoms with E-state index in [0.717, 1.165) is 12.0 Å². The van der Waals surface area contributed by atoms with Gasteiger partial charge in [0.15, 0.2) is 0 Å². The number of nitrogens with one attached hydrogen (secondary N) is 1. The van der Waals surface area contributed by atoms with Crippen molar-refractivity contribution in [1.29, 1.82) is 5.26 Å². The Morgan fingerprint density at radius 3 is 2.70 bits per heavy atom. The Morgan fingerprint density at radius 2 is 2.04 bits per heavy atom. The SMILES string of the molecule is CCc1cccc(NC(=O)Cn2c(C)cc(C)c(C#N)c2=O)c1. The molecule has 0 aliphatic heterocycles. The number of aryl methyl sites for hydroxylation is 3. The fourth-order valence-corrected chi connectivity index (χ4v) is 2.47. The first-order valence-corrected chi connectivity index (χ1v) is 7.46. The second-order valence-electron chi connectivity index (χ2n) is 5.45. The molecule has 1 amide bonds. The second-order valence-corrected chi connectivity index (χ2v) is 5.45. The number of carbonyl (C=O) groups excluding carboxylic acids is 1. The first kappa shape index (κ1) is 16.5. The van der Waals surface area contributed by atoms with Crippen LogP contribution in [0.4, 0.5) is 5.69 Å². The van der Waals surface area contributed by atoms with Crippen molar-refractivity contribution in [3.05, 3.63) is 63.1 Å². The van der Waals surface area contributed by atoms with Gasteiger partial charge in [0.2, 0.25) is 5.91 Å². The number of aromatic nitrogens is 1. The van der Waals surface area contributed by atoms with E-state index < -0.39 is 5.56 Å². The fraction of sp³-hybridized carbons (Fsp3) is 0.278. The highest BCUT2D eigenvalue weighted by molar-refractivity contribution is 5.90. The van der Waals surface area contributed by atoms with Crippen LogP contribution in [0.1, 0.15) is 29.3 Å². The van der Waals surface area contributed by atoms with Gasteiger partial charge in [0.1, 0.15) is 18.2 Å². The average Bonchev–Trinajstić information content (AvgIpc) is 2.52. The Morgan fingerprint density at radius 1 is 1.30 bits per heavy atom. The first-order chi connectivity index (χ1) is 11.0. The van der Waals surface area contributed by atoms with Crippen LogP contribution in [0, 0.1) is 25.2 Å². The second kappa shape index (κ2) is 6.93. The molecule has 0 aliphatic carbocycles. The molecule has 0 fully saturated rings. The Bertz CT molecular complexity index is 844. The molecule has 5 nitrogen and oxygen atoms in total. The minimum Gasteiger partial charge on any atom is -0.325 e. The summed E-state index contributed by atoms with van der Waals surface area (Å²) >= 11 is 0. The van der Waals surface area contributed by atoms with E-state index in [1.54, 1.807) is 19.9 Å². The van der Waals surface area contributed by atoms with E-state index in [2.05, 4.69) is 5.32 Å². The van der Waals surface area contributed by atoms with E-state index in [0.29, 0.717) is 16.9 Å². The van der Waals surface area contributed by atoms with Gasteiger partial charge in [-0.05, 0) is 49.6 Å². The summed E-state index contributed by atoms with van der Waals surface area (Å²) in [6, 6.07) is 11.2. The van der Waals surface area contributed by atoms with Gasteiger partial charge in [0, 0.05) is 11.4 Å². The van der Waals surface area contributed by atoms with Gasteiger partial charge in [-0.2, -0.15) is 5.26 Å². The summed E-state index contributed by atoms with van der Waals surface area (Å²) in [5.41, 5.74) is 2.76. The van der Waals surface area contributed by atoms with Crippen LogP contribution >= 0.6 is 0 Å². The quantitative estimate of drug-likeness (QED) is 0.943. The maximum atomic E-state index is 12.3. The molecule has 0 aliphatic rings. The predicted molar refractivity (Wildman–Crippen MR) is 89.3 cm³/mol. The number of carbonyl (C=O) groups is 1. The van der Waals surface area contributed by atoms with Crippen molar-refractivity contribution in [2.24, 2.45) is 0 Å². The zero-order valence-electron chi connectivity index (χ0n) is 13.5. The highest BCUT2D eigenvalue weighted by atomic mass is 16.2. The molecule has 0 spiro atoms. The molecule has 1 heterocycles. The lowest BCUT2D eigenvalue weighted by molar-refractivity contribution is -0.116. The number of amides is 1. The first-order valence-electron chi connectivity index (χ1n) is 7.46. The summed E-state index contributed by atoms with van der Waals surface area (Å²) in [6.07, 6.45) is 0.881. The Balaban J connectivity index is 2.24. The normalized spacial score (nSPS) is 10.2. The monoisotopic (exact) mass is 309 g/mol. The van der Waals surface area contributed by atoms with E-state index in [4.69, 9.17) is 5.26 Å². The molecule has 2 aromatic rings. The number of nitrogens with zero attached hydrogens (tertiary/aromatic N) is 2. The van der Waals surface area contributed by atoms with Crippen LogP contribution in [0.15, 0.2) is 35.1 Å². The standard InChI is InChI=1S/C18H19N3O2/c1-4-14-6-5-7-15(9-14)20-17(22)11-21-13(3)8-12(2)16(10-19)18(21)23/h5-9H,4,11H2,1-3H3,(H,20,22). The predicted octanol–water partition coefficient (Wildman–Crippen LogP) is 2.54. The summed E-state index contributed by atoms with van der Waals surface area (Å²) in [7, 11) is 0. The molecule has 1 aromatic carbocycles. The summed E-state index contributed by atoms with van der Waals surface area (Å²) in [6.45, 7) is 5.39. The number of nitriles is 1. The van der Waals surface area contributed by atoms with Crippen LogP contribution in [0.2, 0.25) is 0 Å². The Kier molecular flexibility index (Phi) is 4.97. The molecular weight excluding hydrogens is 290 g/mol. The van der Waals surface area contributed by atoms with E-state index in [9.17, 15) is 9.59 Å². The minimum absolute atomic E-state index is 0.0800. The molecule has 0 saturated heterocycles. The van der Waals surface area contributed by atoms with Crippen molar-refractivity contribution in [1.82, 2.24) is 4.57 Å². The van der Waals surface area contributed by atoms with Crippen LogP contribution in [0.3, 0.4) is 0 Å². The minimum atomic E-state index is -0.428. The lowest BCUT2D eigenvalue weighted by Crippen LogP contribution is -2.31. The summed E-state index contributed by atoms with van der Waals surface area (Å²) < 4.78 is 1.32. The molecule has 0 atom stereocenters. The van der Waals surface area contributed by atoms with Crippen LogP contribution in [-0.2, 0) is 17.8 Å². The maximum Gasteiger partial charge on any atom is 0.269 e. The van der Waals surface area contributed by atoms with Crippen LogP contribution < -0.4 is 10.9 Å². The molecule has 0 unspecified atom stereocenters. The molecule has 118 valence electrons. The van der Waals surface area contributed by atoms with Crippen molar-refractivity contribution in [3.8, 4) is 6.07 Å². The van der Waals surface area contributed by atoms with E-state index in [1.165, 1.54) is 4.57 Å². The average molecular weight is 309 g/mol. The number of hydrogen-bond donors (Lipinski definition) is 1. The highest BCUT2D eigenvalue weighted by Gasteiger charge is 2.13. The molecular formula is C18H19N3O2. The van der Waals surface area contributed by atoms with Gasteiger partial charge in [0.05, 0.1) is 0 Å². The lowest BCUT2D eigenvalue weighted by Gasteiger charge is -2.12.